The molecule has 12 aromatic rings. The molecule has 4 aromatic heterocycles. The third-order valence-corrected chi connectivity index (χ3v) is 13.3. The SMILES string of the molecule is Cc1c(C)n(-c2ccc(-c3ccncc3)c3ccccc23)c2c3ccccc3c3c4c(C)c(C)n(-c5ccc(-c6ccncc6)c6ccccc56)c4c4ccccc4c3c12. The van der Waals surface area contributed by atoms with Gasteiger partial charge in [-0.2, -0.15) is 0 Å². The lowest BCUT2D eigenvalue weighted by Gasteiger charge is -2.19. The first-order valence-electron chi connectivity index (χ1n) is 20.7. The van der Waals surface area contributed by atoms with Crippen LogP contribution in [-0.2, 0) is 0 Å². The predicted molar refractivity (Wildman–Crippen MR) is 253 cm³/mol. The number of fused-ring (bicyclic) bond motifs is 13. The van der Waals surface area contributed by atoms with Gasteiger partial charge in [0, 0.05) is 79.3 Å². The number of pyridine rings is 2. The van der Waals surface area contributed by atoms with Gasteiger partial charge in [-0.1, -0.05) is 109 Å². The summed E-state index contributed by atoms with van der Waals surface area (Å²) in [5.41, 5.74) is 14.8. The van der Waals surface area contributed by atoms with Crippen LogP contribution in [0.25, 0.3) is 109 Å². The maximum absolute atomic E-state index is 4.30. The first-order valence-corrected chi connectivity index (χ1v) is 20.7. The zero-order chi connectivity index (χ0) is 40.2. The summed E-state index contributed by atoms with van der Waals surface area (Å²) in [6.07, 6.45) is 7.51. The lowest BCUT2D eigenvalue weighted by atomic mass is 9.89. The monoisotopic (exact) mass is 768 g/mol. The third-order valence-electron chi connectivity index (χ3n) is 13.3. The van der Waals surface area contributed by atoms with Crippen molar-refractivity contribution in [3.8, 4) is 33.6 Å². The van der Waals surface area contributed by atoms with Gasteiger partial charge < -0.3 is 9.13 Å². The Morgan fingerprint density at radius 1 is 0.317 bits per heavy atom. The number of aromatic nitrogens is 4. The fraction of sp³-hybridized carbons (Fsp3) is 0.0714. The van der Waals surface area contributed by atoms with Crippen molar-refractivity contribution < 1.29 is 0 Å². The van der Waals surface area contributed by atoms with Gasteiger partial charge in [0.25, 0.3) is 0 Å². The van der Waals surface area contributed by atoms with E-state index in [-0.39, 0.29) is 0 Å². The fourth-order valence-corrected chi connectivity index (χ4v) is 10.5. The summed E-state index contributed by atoms with van der Waals surface area (Å²) >= 11 is 0. The number of hydrogen-bond donors (Lipinski definition) is 0. The Kier molecular flexibility index (Phi) is 7.45. The van der Waals surface area contributed by atoms with Crippen LogP contribution < -0.4 is 0 Å². The molecule has 8 aromatic carbocycles. The second-order valence-electron chi connectivity index (χ2n) is 16.2. The van der Waals surface area contributed by atoms with Crippen molar-refractivity contribution in [2.75, 3.05) is 0 Å². The molecule has 284 valence electrons. The van der Waals surface area contributed by atoms with Crippen LogP contribution in [0.2, 0.25) is 0 Å². The van der Waals surface area contributed by atoms with Gasteiger partial charge in [0.05, 0.1) is 22.4 Å². The van der Waals surface area contributed by atoms with Gasteiger partial charge in [-0.05, 0) is 119 Å². The maximum atomic E-state index is 4.30. The van der Waals surface area contributed by atoms with Gasteiger partial charge in [0.1, 0.15) is 0 Å². The van der Waals surface area contributed by atoms with Crippen LogP contribution in [-0.4, -0.2) is 19.1 Å². The molecule has 60 heavy (non-hydrogen) atoms. The quantitative estimate of drug-likeness (QED) is 0.167. The van der Waals surface area contributed by atoms with Crippen molar-refractivity contribution in [2.24, 2.45) is 0 Å². The molecule has 0 spiro atoms. The molecule has 12 rings (SSSR count). The van der Waals surface area contributed by atoms with Crippen molar-refractivity contribution in [3.05, 3.63) is 193 Å². The highest BCUT2D eigenvalue weighted by Crippen LogP contribution is 2.50. The molecule has 0 aliphatic heterocycles. The molecule has 0 fully saturated rings. The van der Waals surface area contributed by atoms with Crippen molar-refractivity contribution in [1.82, 2.24) is 19.1 Å². The molecule has 4 heteroatoms. The van der Waals surface area contributed by atoms with Gasteiger partial charge >= 0.3 is 0 Å². The van der Waals surface area contributed by atoms with E-state index in [4.69, 9.17) is 0 Å². The Bertz CT molecular complexity index is 3490. The number of benzene rings is 8. The van der Waals surface area contributed by atoms with Crippen LogP contribution in [0.15, 0.2) is 170 Å². The largest absolute Gasteiger partial charge is 0.312 e. The lowest BCUT2D eigenvalue weighted by molar-refractivity contribution is 1.05. The first kappa shape index (κ1) is 34.5. The van der Waals surface area contributed by atoms with Crippen LogP contribution in [0.4, 0.5) is 0 Å². The molecule has 0 saturated carbocycles. The van der Waals surface area contributed by atoms with Crippen LogP contribution in [0.5, 0.6) is 0 Å². The highest BCUT2D eigenvalue weighted by atomic mass is 15.0. The van der Waals surface area contributed by atoms with Gasteiger partial charge in [0.15, 0.2) is 0 Å². The molecule has 4 heterocycles. The fourth-order valence-electron chi connectivity index (χ4n) is 10.5. The summed E-state index contributed by atoms with van der Waals surface area (Å²) in [6, 6.07) is 53.5. The summed E-state index contributed by atoms with van der Waals surface area (Å²) in [5.74, 6) is 0. The van der Waals surface area contributed by atoms with E-state index < -0.39 is 0 Å². The van der Waals surface area contributed by atoms with Crippen LogP contribution in [0.1, 0.15) is 22.5 Å². The number of rotatable bonds is 4. The van der Waals surface area contributed by atoms with Crippen molar-refractivity contribution in [2.45, 2.75) is 27.7 Å². The molecule has 0 unspecified atom stereocenters. The van der Waals surface area contributed by atoms with E-state index in [1.54, 1.807) is 0 Å². The molecular formula is C56H40N4. The van der Waals surface area contributed by atoms with E-state index in [1.165, 1.54) is 132 Å². The lowest BCUT2D eigenvalue weighted by Crippen LogP contribution is -2.00. The molecule has 0 atom stereocenters. The maximum Gasteiger partial charge on any atom is 0.0619 e. The van der Waals surface area contributed by atoms with E-state index >= 15 is 0 Å². The molecule has 0 aliphatic carbocycles. The van der Waals surface area contributed by atoms with Crippen LogP contribution in [0.3, 0.4) is 0 Å². The Balaban J connectivity index is 1.23. The Hall–Kier alpha value is -7.56. The molecule has 0 bridgehead atoms. The Morgan fingerprint density at radius 2 is 0.650 bits per heavy atom. The van der Waals surface area contributed by atoms with Crippen molar-refractivity contribution in [3.63, 3.8) is 0 Å². The van der Waals surface area contributed by atoms with E-state index in [1.807, 2.05) is 24.8 Å². The summed E-state index contributed by atoms with van der Waals surface area (Å²) in [7, 11) is 0. The van der Waals surface area contributed by atoms with Crippen LogP contribution in [0, 0.1) is 27.7 Å². The number of nitrogens with zero attached hydrogens (tertiary/aromatic N) is 4. The summed E-state index contributed by atoms with van der Waals surface area (Å²) in [5, 5.41) is 15.2. The minimum atomic E-state index is 1.17. The Labute approximate surface area is 347 Å². The van der Waals surface area contributed by atoms with E-state index in [2.05, 4.69) is 192 Å². The van der Waals surface area contributed by atoms with Crippen molar-refractivity contribution in [1.29, 1.82) is 0 Å². The first-order chi connectivity index (χ1) is 29.5. The molecule has 0 saturated heterocycles. The highest BCUT2D eigenvalue weighted by molar-refractivity contribution is 6.40. The third kappa shape index (κ3) is 4.67. The topological polar surface area (TPSA) is 35.6 Å². The van der Waals surface area contributed by atoms with Crippen LogP contribution >= 0.6 is 0 Å². The number of hydrogen-bond acceptors (Lipinski definition) is 2. The average Bonchev–Trinajstić information content (AvgIpc) is 3.73. The highest BCUT2D eigenvalue weighted by Gasteiger charge is 2.27. The minimum Gasteiger partial charge on any atom is -0.312 e. The Morgan fingerprint density at radius 3 is 1.03 bits per heavy atom. The van der Waals surface area contributed by atoms with Gasteiger partial charge in [0.2, 0.25) is 0 Å². The molecule has 0 radical (unpaired) electrons. The molecular weight excluding hydrogens is 729 g/mol. The van der Waals surface area contributed by atoms with Gasteiger partial charge in [-0.3, -0.25) is 9.97 Å². The molecule has 0 N–H and O–H groups in total. The second kappa shape index (κ2) is 13.0. The average molecular weight is 769 g/mol. The summed E-state index contributed by atoms with van der Waals surface area (Å²) in [6.45, 7) is 9.26. The van der Waals surface area contributed by atoms with Gasteiger partial charge in [-0.15, -0.1) is 0 Å². The molecule has 4 nitrogen and oxygen atoms in total. The zero-order valence-electron chi connectivity index (χ0n) is 34.0. The second-order valence-corrected chi connectivity index (χ2v) is 16.2. The molecule has 0 amide bonds. The van der Waals surface area contributed by atoms with E-state index in [0.717, 1.165) is 0 Å². The number of aryl methyl sites for hydroxylation is 2. The van der Waals surface area contributed by atoms with E-state index in [9.17, 15) is 0 Å². The van der Waals surface area contributed by atoms with Crippen molar-refractivity contribution >= 4 is 75.7 Å². The summed E-state index contributed by atoms with van der Waals surface area (Å²) < 4.78 is 5.09. The minimum absolute atomic E-state index is 1.17. The predicted octanol–water partition coefficient (Wildman–Crippen LogP) is 14.7. The molecule has 0 aliphatic rings. The zero-order valence-corrected chi connectivity index (χ0v) is 34.0. The summed E-state index contributed by atoms with van der Waals surface area (Å²) in [4.78, 5) is 8.61. The van der Waals surface area contributed by atoms with Gasteiger partial charge in [-0.25, -0.2) is 0 Å². The standard InChI is InChI=1S/C56H40N4/c1-33-35(3)59(49-23-21-39(37-25-29-57-30-26-37)41-13-5-7-15-43(41)49)55-47-19-11-10-18-46(47)54-52-34(2)36(4)60(56(52)48-20-12-9-17-45(48)53(54)51(33)55)50-24-22-40(38-27-31-58-32-28-38)42-14-6-8-16-44(42)50/h5-32H,1-4H3. The smallest absolute Gasteiger partial charge is 0.0619 e. The normalized spacial score (nSPS) is 12.0. The van der Waals surface area contributed by atoms with E-state index in [0.29, 0.717) is 0 Å².